The average Bonchev–Trinajstić information content (AvgIpc) is 2.50. The molecule has 3 heteroatoms. The first-order valence-electron chi connectivity index (χ1n) is 9.59. The van der Waals surface area contributed by atoms with Crippen molar-refractivity contribution in [1.82, 2.24) is 0 Å². The van der Waals surface area contributed by atoms with Gasteiger partial charge in [-0.15, -0.1) is 0 Å². The molecular weight excluding hydrogens is 274 g/mol. The molecule has 0 aromatic heterocycles. The molecule has 0 aliphatic rings. The van der Waals surface area contributed by atoms with E-state index < -0.39 is 11.5 Å². The first-order valence-corrected chi connectivity index (χ1v) is 9.59. The Hall–Kier alpha value is -0.570. The van der Waals surface area contributed by atoms with Crippen molar-refractivity contribution >= 4 is 5.97 Å². The van der Waals surface area contributed by atoms with Gasteiger partial charge in [-0.2, -0.15) is 0 Å². The van der Waals surface area contributed by atoms with Crippen LogP contribution < -0.4 is 10.0 Å². The lowest BCUT2D eigenvalue weighted by Gasteiger charge is -2.38. The van der Waals surface area contributed by atoms with Crippen LogP contribution in [0.3, 0.4) is 0 Å². The van der Waals surface area contributed by atoms with Crippen LogP contribution in [0.2, 0.25) is 0 Å². The molecule has 22 heavy (non-hydrogen) atoms. The van der Waals surface area contributed by atoms with E-state index in [9.17, 15) is 9.90 Å². The Balaban J connectivity index is 3.80. The van der Waals surface area contributed by atoms with E-state index in [1.54, 1.807) is 0 Å². The normalized spacial score (nSPS) is 14.2. The SMILES string of the molecule is CCCCCCCCCCCCC(C)(C(=O)[O-])[NH+](CC)CC. The Kier molecular flexibility index (Phi) is 12.6. The molecule has 0 saturated carbocycles. The summed E-state index contributed by atoms with van der Waals surface area (Å²) in [6.07, 6.45) is 13.6. The van der Waals surface area contributed by atoms with E-state index in [2.05, 4.69) is 20.8 Å². The van der Waals surface area contributed by atoms with Crippen LogP contribution in [0.15, 0.2) is 0 Å². The van der Waals surface area contributed by atoms with Crippen LogP contribution in [-0.4, -0.2) is 24.6 Å². The summed E-state index contributed by atoms with van der Waals surface area (Å²) in [6, 6.07) is 0. The van der Waals surface area contributed by atoms with E-state index in [-0.39, 0.29) is 0 Å². The van der Waals surface area contributed by atoms with Gasteiger partial charge in [0.25, 0.3) is 0 Å². The monoisotopic (exact) mass is 313 g/mol. The van der Waals surface area contributed by atoms with Gasteiger partial charge in [0, 0.05) is 6.42 Å². The quantitative estimate of drug-likeness (QED) is 0.473. The van der Waals surface area contributed by atoms with Gasteiger partial charge in [0.15, 0.2) is 0 Å². The summed E-state index contributed by atoms with van der Waals surface area (Å²) in [6.45, 7) is 9.91. The number of nitrogens with one attached hydrogen (secondary N) is 1. The van der Waals surface area contributed by atoms with E-state index >= 15 is 0 Å². The summed E-state index contributed by atoms with van der Waals surface area (Å²) in [5, 5.41) is 11.5. The predicted molar refractivity (Wildman–Crippen MR) is 91.9 cm³/mol. The summed E-state index contributed by atoms with van der Waals surface area (Å²) >= 11 is 0. The molecule has 1 N–H and O–H groups in total. The maximum atomic E-state index is 11.5. The number of carboxylic acid groups (broad SMARTS) is 1. The van der Waals surface area contributed by atoms with Crippen molar-refractivity contribution in [3.8, 4) is 0 Å². The number of rotatable bonds is 15. The van der Waals surface area contributed by atoms with E-state index in [1.807, 2.05) is 6.92 Å². The van der Waals surface area contributed by atoms with Gasteiger partial charge in [0.1, 0.15) is 11.5 Å². The maximum Gasteiger partial charge on any atom is 0.135 e. The van der Waals surface area contributed by atoms with Crippen molar-refractivity contribution in [3.63, 3.8) is 0 Å². The molecule has 0 heterocycles. The second-order valence-electron chi connectivity index (χ2n) is 6.86. The van der Waals surface area contributed by atoms with Crippen molar-refractivity contribution in [3.05, 3.63) is 0 Å². The van der Waals surface area contributed by atoms with Crippen LogP contribution in [0.4, 0.5) is 0 Å². The summed E-state index contributed by atoms with van der Waals surface area (Å²) < 4.78 is 0. The van der Waals surface area contributed by atoms with E-state index in [0.29, 0.717) is 0 Å². The van der Waals surface area contributed by atoms with Gasteiger partial charge in [-0.05, 0) is 27.2 Å². The largest absolute Gasteiger partial charge is 0.544 e. The number of likely N-dealkylation sites (N-methyl/N-ethyl adjacent to an activating group) is 1. The Morgan fingerprint density at radius 1 is 0.818 bits per heavy atom. The van der Waals surface area contributed by atoms with Crippen molar-refractivity contribution in [1.29, 1.82) is 0 Å². The molecule has 0 saturated heterocycles. The lowest BCUT2D eigenvalue weighted by atomic mass is 9.91. The summed E-state index contributed by atoms with van der Waals surface area (Å²) in [5.41, 5.74) is -0.719. The number of aliphatic carboxylic acids is 1. The van der Waals surface area contributed by atoms with Crippen LogP contribution >= 0.6 is 0 Å². The maximum absolute atomic E-state index is 11.5. The Bertz CT molecular complexity index is 277. The number of hydrogen-bond donors (Lipinski definition) is 1. The van der Waals surface area contributed by atoms with E-state index in [4.69, 9.17) is 0 Å². The van der Waals surface area contributed by atoms with Gasteiger partial charge in [-0.3, -0.25) is 0 Å². The highest BCUT2D eigenvalue weighted by molar-refractivity contribution is 5.74. The molecule has 0 aliphatic carbocycles. The highest BCUT2D eigenvalue weighted by Crippen LogP contribution is 2.15. The van der Waals surface area contributed by atoms with Gasteiger partial charge in [0.05, 0.1) is 13.1 Å². The third kappa shape index (κ3) is 8.17. The van der Waals surface area contributed by atoms with Crippen LogP contribution in [-0.2, 0) is 4.79 Å². The fraction of sp³-hybridized carbons (Fsp3) is 0.947. The number of unbranched alkanes of at least 4 members (excludes halogenated alkanes) is 9. The molecule has 132 valence electrons. The van der Waals surface area contributed by atoms with Gasteiger partial charge >= 0.3 is 0 Å². The Morgan fingerprint density at radius 2 is 1.23 bits per heavy atom. The van der Waals surface area contributed by atoms with Gasteiger partial charge in [0.2, 0.25) is 0 Å². The first-order chi connectivity index (χ1) is 10.5. The molecule has 0 aliphatic heterocycles. The zero-order valence-corrected chi connectivity index (χ0v) is 15.5. The van der Waals surface area contributed by atoms with Crippen molar-refractivity contribution in [2.24, 2.45) is 0 Å². The minimum Gasteiger partial charge on any atom is -0.544 e. The molecule has 0 aromatic rings. The first kappa shape index (κ1) is 21.4. The summed E-state index contributed by atoms with van der Waals surface area (Å²) in [7, 11) is 0. The molecular formula is C19H39NO2. The van der Waals surface area contributed by atoms with Gasteiger partial charge < -0.3 is 14.8 Å². The van der Waals surface area contributed by atoms with Crippen molar-refractivity contribution in [2.75, 3.05) is 13.1 Å². The van der Waals surface area contributed by atoms with E-state index in [1.165, 1.54) is 51.4 Å². The number of carbonyl (C=O) groups is 1. The Labute approximate surface area is 138 Å². The lowest BCUT2D eigenvalue weighted by molar-refractivity contribution is -0.940. The number of carbonyl (C=O) groups excluding carboxylic acids is 1. The zero-order chi connectivity index (χ0) is 16.8. The molecule has 1 unspecified atom stereocenters. The number of carboxylic acids is 1. The molecule has 0 spiro atoms. The lowest BCUT2D eigenvalue weighted by Crippen LogP contribution is -3.21. The van der Waals surface area contributed by atoms with Crippen LogP contribution in [0.1, 0.15) is 98.3 Å². The third-order valence-corrected chi connectivity index (χ3v) is 5.11. The van der Waals surface area contributed by atoms with Crippen molar-refractivity contribution in [2.45, 2.75) is 104 Å². The number of hydrogen-bond acceptors (Lipinski definition) is 2. The average molecular weight is 314 g/mol. The molecule has 0 bridgehead atoms. The molecule has 0 fully saturated rings. The fourth-order valence-corrected chi connectivity index (χ4v) is 3.42. The van der Waals surface area contributed by atoms with Crippen LogP contribution in [0, 0.1) is 0 Å². The second-order valence-corrected chi connectivity index (χ2v) is 6.86. The summed E-state index contributed by atoms with van der Waals surface area (Å²) in [4.78, 5) is 12.7. The van der Waals surface area contributed by atoms with Gasteiger partial charge in [-0.1, -0.05) is 64.7 Å². The Morgan fingerprint density at radius 3 is 1.59 bits per heavy atom. The summed E-state index contributed by atoms with van der Waals surface area (Å²) in [5.74, 6) is -0.887. The van der Waals surface area contributed by atoms with Crippen molar-refractivity contribution < 1.29 is 14.8 Å². The second kappa shape index (κ2) is 12.9. The predicted octanol–water partition coefficient (Wildman–Crippen LogP) is 2.73. The standard InChI is InChI=1S/C19H39NO2/c1-5-8-9-10-11-12-13-14-15-16-17-19(4,18(21)22)20(6-2)7-3/h5-17H2,1-4H3,(H,21,22). The molecule has 3 nitrogen and oxygen atoms in total. The van der Waals surface area contributed by atoms with Crippen LogP contribution in [0.5, 0.6) is 0 Å². The van der Waals surface area contributed by atoms with E-state index in [0.717, 1.165) is 37.3 Å². The minimum atomic E-state index is -0.887. The highest BCUT2D eigenvalue weighted by Gasteiger charge is 2.34. The third-order valence-electron chi connectivity index (χ3n) is 5.11. The topological polar surface area (TPSA) is 44.6 Å². The smallest absolute Gasteiger partial charge is 0.135 e. The molecule has 0 amide bonds. The molecule has 1 atom stereocenters. The molecule has 0 aromatic carbocycles. The number of quaternary nitrogens is 1. The molecule has 0 rings (SSSR count). The highest BCUT2D eigenvalue weighted by atomic mass is 16.4. The fourth-order valence-electron chi connectivity index (χ4n) is 3.42. The zero-order valence-electron chi connectivity index (χ0n) is 15.5. The molecule has 0 radical (unpaired) electrons. The van der Waals surface area contributed by atoms with Gasteiger partial charge in [-0.25, -0.2) is 0 Å². The minimum absolute atomic E-state index is 0.719. The van der Waals surface area contributed by atoms with Crippen LogP contribution in [0.25, 0.3) is 0 Å².